The van der Waals surface area contributed by atoms with Crippen molar-refractivity contribution in [1.29, 1.82) is 0 Å². The Morgan fingerprint density at radius 2 is 2.00 bits per heavy atom. The van der Waals surface area contributed by atoms with Crippen molar-refractivity contribution in [3.8, 4) is 0 Å². The Kier molecular flexibility index (Phi) is 5.57. The third kappa shape index (κ3) is 3.40. The fourth-order valence-electron chi connectivity index (χ4n) is 4.27. The Labute approximate surface area is 161 Å². The van der Waals surface area contributed by atoms with Crippen LogP contribution in [0.5, 0.6) is 0 Å². The first-order valence-corrected chi connectivity index (χ1v) is 12.9. The second-order valence-corrected chi connectivity index (χ2v) is 15.1. The fraction of sp³-hybridized carbons (Fsp3) is 0.773. The van der Waals surface area contributed by atoms with Gasteiger partial charge in [0.25, 0.3) is 0 Å². The molecule has 0 aliphatic heterocycles. The number of hydrogen-bond acceptors (Lipinski definition) is 3. The van der Waals surface area contributed by atoms with Crippen molar-refractivity contribution in [3.63, 3.8) is 0 Å². The van der Waals surface area contributed by atoms with Gasteiger partial charge in [0.15, 0.2) is 14.1 Å². The van der Waals surface area contributed by atoms with E-state index < -0.39 is 13.9 Å². The van der Waals surface area contributed by atoms with Gasteiger partial charge in [0.1, 0.15) is 5.60 Å². The maximum Gasteiger partial charge on any atom is 0.192 e. The highest BCUT2D eigenvalue weighted by Gasteiger charge is 2.55. The fourth-order valence-corrected chi connectivity index (χ4v) is 5.71. The van der Waals surface area contributed by atoms with Gasteiger partial charge in [-0.25, -0.2) is 0 Å². The van der Waals surface area contributed by atoms with E-state index in [1.807, 2.05) is 6.92 Å². The minimum absolute atomic E-state index is 0.159. The Morgan fingerprint density at radius 1 is 1.42 bits per heavy atom. The second-order valence-electron chi connectivity index (χ2n) is 10.3. The molecule has 26 heavy (non-hydrogen) atoms. The van der Waals surface area contributed by atoms with Crippen LogP contribution in [0.2, 0.25) is 18.1 Å². The molecule has 1 N–H and O–H groups in total. The van der Waals surface area contributed by atoms with E-state index in [1.165, 1.54) is 5.57 Å². The molecular weight excluding hydrogens is 340 g/mol. The average molecular weight is 379 g/mol. The van der Waals surface area contributed by atoms with Crippen LogP contribution < -0.4 is 0 Å². The number of carbonyl (C=O) groups is 1. The molecule has 2 rings (SSSR count). The third-order valence-corrected chi connectivity index (χ3v) is 12.2. The topological polar surface area (TPSA) is 46.5 Å². The van der Waals surface area contributed by atoms with Gasteiger partial charge in [0.05, 0.1) is 0 Å². The van der Waals surface area contributed by atoms with Gasteiger partial charge in [-0.15, -0.1) is 6.58 Å². The summed E-state index contributed by atoms with van der Waals surface area (Å²) in [6.07, 6.45) is 5.88. The number of carbonyl (C=O) groups excluding carboxylic acids is 1. The van der Waals surface area contributed by atoms with E-state index in [2.05, 4.69) is 54.3 Å². The summed E-state index contributed by atoms with van der Waals surface area (Å²) in [5, 5.41) is 11.4. The maximum absolute atomic E-state index is 12.7. The van der Waals surface area contributed by atoms with Crippen molar-refractivity contribution in [2.24, 2.45) is 17.3 Å². The minimum atomic E-state index is -1.87. The molecule has 0 aromatic rings. The van der Waals surface area contributed by atoms with Crippen molar-refractivity contribution >= 4 is 14.1 Å². The molecule has 0 aromatic heterocycles. The summed E-state index contributed by atoms with van der Waals surface area (Å²) in [5.74, 6) is -0.167. The summed E-state index contributed by atoms with van der Waals surface area (Å²) in [4.78, 5) is 12.7. The van der Waals surface area contributed by atoms with Crippen LogP contribution >= 0.6 is 0 Å². The number of ketones is 1. The zero-order valence-electron chi connectivity index (χ0n) is 18.0. The van der Waals surface area contributed by atoms with E-state index in [9.17, 15) is 9.90 Å². The Bertz CT molecular complexity index is 615. The SMILES string of the molecule is C=C[C@H](C)[C@]1(O)C[C@@]2(C)C(=CC1=O)CC[C@@H](O[Si](C)(C)C(C)(C)C)[C@@H]2C. The Hall–Kier alpha value is -0.713. The van der Waals surface area contributed by atoms with Gasteiger partial charge in [-0.2, -0.15) is 0 Å². The van der Waals surface area contributed by atoms with Crippen LogP contribution in [0.4, 0.5) is 0 Å². The van der Waals surface area contributed by atoms with E-state index in [-0.39, 0.29) is 34.2 Å². The summed E-state index contributed by atoms with van der Waals surface area (Å²) >= 11 is 0. The van der Waals surface area contributed by atoms with E-state index in [4.69, 9.17) is 4.43 Å². The highest BCUT2D eigenvalue weighted by Crippen LogP contribution is 2.55. The van der Waals surface area contributed by atoms with Gasteiger partial charge in [-0.05, 0) is 54.8 Å². The molecule has 0 saturated heterocycles. The predicted octanol–water partition coefficient (Wildman–Crippen LogP) is 5.27. The van der Waals surface area contributed by atoms with Crippen LogP contribution in [0.1, 0.15) is 60.8 Å². The molecule has 1 saturated carbocycles. The summed E-state index contributed by atoms with van der Waals surface area (Å²) in [6.45, 7) is 21.5. The van der Waals surface area contributed by atoms with Gasteiger partial charge in [0.2, 0.25) is 0 Å². The lowest BCUT2D eigenvalue weighted by Gasteiger charge is -2.54. The first-order valence-electron chi connectivity index (χ1n) is 9.97. The molecule has 4 heteroatoms. The van der Waals surface area contributed by atoms with E-state index in [0.29, 0.717) is 6.42 Å². The van der Waals surface area contributed by atoms with Crippen LogP contribution in [0, 0.1) is 17.3 Å². The molecule has 3 nitrogen and oxygen atoms in total. The minimum Gasteiger partial charge on any atom is -0.414 e. The Morgan fingerprint density at radius 3 is 2.50 bits per heavy atom. The Balaban J connectivity index is 2.35. The summed E-state index contributed by atoms with van der Waals surface area (Å²) in [5.41, 5.74) is -0.385. The van der Waals surface area contributed by atoms with Gasteiger partial charge >= 0.3 is 0 Å². The van der Waals surface area contributed by atoms with Crippen LogP contribution in [0.3, 0.4) is 0 Å². The zero-order valence-corrected chi connectivity index (χ0v) is 19.0. The molecule has 0 heterocycles. The van der Waals surface area contributed by atoms with Gasteiger partial charge in [-0.3, -0.25) is 4.79 Å². The molecule has 0 aromatic carbocycles. The molecule has 2 aliphatic rings. The molecule has 1 fully saturated rings. The third-order valence-electron chi connectivity index (χ3n) is 7.72. The van der Waals surface area contributed by atoms with Gasteiger partial charge < -0.3 is 9.53 Å². The van der Waals surface area contributed by atoms with E-state index in [1.54, 1.807) is 12.2 Å². The number of hydrogen-bond donors (Lipinski definition) is 1. The highest BCUT2D eigenvalue weighted by atomic mass is 28.4. The molecule has 5 atom stereocenters. The normalized spacial score (nSPS) is 37.0. The zero-order chi connectivity index (χ0) is 20.1. The molecule has 0 radical (unpaired) electrons. The smallest absolute Gasteiger partial charge is 0.192 e. The first-order chi connectivity index (χ1) is 11.7. The van der Waals surface area contributed by atoms with Crippen molar-refractivity contribution in [3.05, 3.63) is 24.3 Å². The molecule has 0 bridgehead atoms. The number of allylic oxidation sites excluding steroid dienone is 1. The first kappa shape index (κ1) is 21.6. The van der Waals surface area contributed by atoms with Crippen LogP contribution in [0.15, 0.2) is 24.3 Å². The number of rotatable bonds is 4. The number of fused-ring (bicyclic) bond motifs is 1. The summed E-state index contributed by atoms with van der Waals surface area (Å²) < 4.78 is 6.78. The average Bonchev–Trinajstić information content (AvgIpc) is 2.51. The summed E-state index contributed by atoms with van der Waals surface area (Å²) in [7, 11) is -1.87. The monoisotopic (exact) mass is 378 g/mol. The molecule has 0 spiro atoms. The van der Waals surface area contributed by atoms with Crippen molar-refractivity contribution < 1.29 is 14.3 Å². The quantitative estimate of drug-likeness (QED) is 0.536. The van der Waals surface area contributed by atoms with E-state index in [0.717, 1.165) is 12.8 Å². The highest BCUT2D eigenvalue weighted by molar-refractivity contribution is 6.74. The van der Waals surface area contributed by atoms with Gasteiger partial charge in [0, 0.05) is 12.0 Å². The van der Waals surface area contributed by atoms with Crippen LogP contribution in [-0.4, -0.2) is 30.9 Å². The largest absolute Gasteiger partial charge is 0.414 e. The standard InChI is InChI=1S/C22H38O3Si/c1-10-15(2)22(24)14-21(7)16(3)18(12-11-17(21)13-19(22)23)25-26(8,9)20(4,5)6/h10,13,15-16,18,24H,1,11-12,14H2,2-9H3/t15-,16-,18+,21+,22+/m0/s1. The van der Waals surface area contributed by atoms with E-state index >= 15 is 0 Å². The molecule has 0 unspecified atom stereocenters. The van der Waals surface area contributed by atoms with Crippen LogP contribution in [-0.2, 0) is 9.22 Å². The molecular formula is C22H38O3Si. The lowest BCUT2D eigenvalue weighted by molar-refractivity contribution is -0.145. The molecule has 148 valence electrons. The summed E-state index contributed by atoms with van der Waals surface area (Å²) in [6, 6.07) is 0. The number of aliphatic hydroxyl groups is 1. The predicted molar refractivity (Wildman–Crippen MR) is 111 cm³/mol. The maximum atomic E-state index is 12.7. The van der Waals surface area contributed by atoms with Crippen molar-refractivity contribution in [2.45, 2.75) is 90.6 Å². The van der Waals surface area contributed by atoms with Crippen molar-refractivity contribution in [2.75, 3.05) is 0 Å². The second kappa shape index (κ2) is 6.71. The van der Waals surface area contributed by atoms with Crippen molar-refractivity contribution in [1.82, 2.24) is 0 Å². The lowest BCUT2D eigenvalue weighted by Crippen LogP contribution is -2.56. The molecule has 0 amide bonds. The molecule has 2 aliphatic carbocycles. The van der Waals surface area contributed by atoms with Gasteiger partial charge in [-0.1, -0.05) is 53.2 Å². The van der Waals surface area contributed by atoms with Crippen LogP contribution in [0.25, 0.3) is 0 Å². The lowest BCUT2D eigenvalue weighted by atomic mass is 9.55.